The summed E-state index contributed by atoms with van der Waals surface area (Å²) >= 11 is 1.64. The number of piperazine rings is 1. The van der Waals surface area contributed by atoms with Gasteiger partial charge in [-0.3, -0.25) is 14.5 Å². The molecule has 2 aromatic rings. The van der Waals surface area contributed by atoms with Crippen molar-refractivity contribution < 1.29 is 14.3 Å². The molecule has 3 rings (SSSR count). The van der Waals surface area contributed by atoms with Crippen LogP contribution in [0.2, 0.25) is 0 Å². The van der Waals surface area contributed by atoms with Crippen LogP contribution in [0.4, 0.5) is 5.69 Å². The standard InChI is InChI=1S/C21H28N4O3S/c1-3-28-19-7-5-4-6-17(19)23-21(27)20(26)22-14-18(16-8-13-29-15-16)25-11-9-24(2)10-12-25/h4-8,13,15,18H,3,9-12,14H2,1-2H3,(H,22,26)(H,23,27). The fourth-order valence-corrected chi connectivity index (χ4v) is 4.06. The summed E-state index contributed by atoms with van der Waals surface area (Å²) in [5, 5.41) is 9.60. The molecule has 2 N–H and O–H groups in total. The van der Waals surface area contributed by atoms with E-state index in [1.54, 1.807) is 29.5 Å². The van der Waals surface area contributed by atoms with Gasteiger partial charge < -0.3 is 20.3 Å². The zero-order valence-electron chi connectivity index (χ0n) is 16.9. The molecule has 2 amide bonds. The predicted octanol–water partition coefficient (Wildman–Crippen LogP) is 2.19. The van der Waals surface area contributed by atoms with Crippen molar-refractivity contribution in [3.8, 4) is 5.75 Å². The van der Waals surface area contributed by atoms with Crippen LogP contribution in [0.1, 0.15) is 18.5 Å². The molecule has 1 aromatic carbocycles. The highest BCUT2D eigenvalue weighted by Gasteiger charge is 2.26. The van der Waals surface area contributed by atoms with Crippen LogP contribution in [-0.2, 0) is 9.59 Å². The number of amides is 2. The van der Waals surface area contributed by atoms with Gasteiger partial charge in [0.15, 0.2) is 0 Å². The molecule has 0 spiro atoms. The maximum atomic E-state index is 12.4. The Bertz CT molecular complexity index is 804. The van der Waals surface area contributed by atoms with Crippen LogP contribution >= 0.6 is 11.3 Å². The number of benzene rings is 1. The van der Waals surface area contributed by atoms with Gasteiger partial charge in [0.1, 0.15) is 5.75 Å². The van der Waals surface area contributed by atoms with E-state index in [1.807, 2.05) is 18.4 Å². The highest BCUT2D eigenvalue weighted by atomic mass is 32.1. The Balaban J connectivity index is 1.60. The van der Waals surface area contributed by atoms with Gasteiger partial charge in [0.25, 0.3) is 0 Å². The molecule has 2 heterocycles. The number of thiophene rings is 1. The van der Waals surface area contributed by atoms with Crippen molar-refractivity contribution in [1.82, 2.24) is 15.1 Å². The van der Waals surface area contributed by atoms with E-state index >= 15 is 0 Å². The molecule has 0 saturated carbocycles. The molecule has 8 heteroatoms. The van der Waals surface area contributed by atoms with Gasteiger partial charge in [-0.25, -0.2) is 0 Å². The Labute approximate surface area is 175 Å². The molecule has 1 atom stereocenters. The zero-order chi connectivity index (χ0) is 20.6. The van der Waals surface area contributed by atoms with Crippen LogP contribution in [-0.4, -0.2) is 68.0 Å². The van der Waals surface area contributed by atoms with Crippen LogP contribution in [0.25, 0.3) is 0 Å². The van der Waals surface area contributed by atoms with Gasteiger partial charge in [0, 0.05) is 32.7 Å². The molecule has 7 nitrogen and oxygen atoms in total. The average Bonchev–Trinajstić information content (AvgIpc) is 3.25. The van der Waals surface area contributed by atoms with E-state index in [-0.39, 0.29) is 6.04 Å². The molecule has 0 radical (unpaired) electrons. The van der Waals surface area contributed by atoms with Gasteiger partial charge in [-0.05, 0) is 48.5 Å². The maximum absolute atomic E-state index is 12.4. The number of nitrogens with one attached hydrogen (secondary N) is 2. The molecule has 29 heavy (non-hydrogen) atoms. The molecule has 1 fully saturated rings. The Morgan fingerprint density at radius 2 is 1.90 bits per heavy atom. The summed E-state index contributed by atoms with van der Waals surface area (Å²) in [6.07, 6.45) is 0. The number of ether oxygens (including phenoxy) is 1. The van der Waals surface area contributed by atoms with E-state index in [0.29, 0.717) is 24.6 Å². The van der Waals surface area contributed by atoms with E-state index in [1.165, 1.54) is 5.56 Å². The lowest BCUT2D eigenvalue weighted by atomic mass is 10.1. The first-order valence-electron chi connectivity index (χ1n) is 9.84. The summed E-state index contributed by atoms with van der Waals surface area (Å²) in [6, 6.07) is 9.23. The summed E-state index contributed by atoms with van der Waals surface area (Å²) in [7, 11) is 2.11. The molecule has 1 saturated heterocycles. The van der Waals surface area contributed by atoms with Crippen molar-refractivity contribution in [1.29, 1.82) is 0 Å². The average molecular weight is 417 g/mol. The zero-order valence-corrected chi connectivity index (χ0v) is 17.7. The van der Waals surface area contributed by atoms with Crippen molar-refractivity contribution >= 4 is 28.8 Å². The lowest BCUT2D eigenvalue weighted by Gasteiger charge is -2.37. The number of nitrogens with zero attached hydrogens (tertiary/aromatic N) is 2. The normalized spacial score (nSPS) is 16.2. The predicted molar refractivity (Wildman–Crippen MR) is 115 cm³/mol. The molecule has 0 bridgehead atoms. The highest BCUT2D eigenvalue weighted by molar-refractivity contribution is 7.08. The van der Waals surface area contributed by atoms with Gasteiger partial charge in [-0.15, -0.1) is 0 Å². The Morgan fingerprint density at radius 1 is 1.14 bits per heavy atom. The minimum Gasteiger partial charge on any atom is -0.492 e. The van der Waals surface area contributed by atoms with Crippen LogP contribution in [0.5, 0.6) is 5.75 Å². The summed E-state index contributed by atoms with van der Waals surface area (Å²) in [4.78, 5) is 29.5. The topological polar surface area (TPSA) is 73.9 Å². The van der Waals surface area contributed by atoms with Crippen molar-refractivity contribution in [2.24, 2.45) is 0 Å². The summed E-state index contributed by atoms with van der Waals surface area (Å²) in [5.74, 6) is -0.796. The van der Waals surface area contributed by atoms with Gasteiger partial charge in [-0.1, -0.05) is 12.1 Å². The highest BCUT2D eigenvalue weighted by Crippen LogP contribution is 2.25. The molecule has 156 valence electrons. The second-order valence-electron chi connectivity index (χ2n) is 7.01. The number of carbonyl (C=O) groups is 2. The molecule has 1 aliphatic rings. The van der Waals surface area contributed by atoms with Gasteiger partial charge in [0.2, 0.25) is 0 Å². The lowest BCUT2D eigenvalue weighted by molar-refractivity contribution is -0.136. The van der Waals surface area contributed by atoms with E-state index < -0.39 is 11.8 Å². The van der Waals surface area contributed by atoms with Crippen molar-refractivity contribution in [3.63, 3.8) is 0 Å². The lowest BCUT2D eigenvalue weighted by Crippen LogP contribution is -2.49. The van der Waals surface area contributed by atoms with E-state index in [9.17, 15) is 9.59 Å². The Morgan fingerprint density at radius 3 is 2.59 bits per heavy atom. The molecular formula is C21H28N4O3S. The monoisotopic (exact) mass is 416 g/mol. The fraction of sp³-hybridized carbons (Fsp3) is 0.429. The number of hydrogen-bond donors (Lipinski definition) is 2. The second-order valence-corrected chi connectivity index (χ2v) is 7.79. The van der Waals surface area contributed by atoms with E-state index in [2.05, 4.69) is 38.9 Å². The number of likely N-dealkylation sites (N-methyl/N-ethyl adjacent to an activating group) is 1. The minimum atomic E-state index is -0.695. The van der Waals surface area contributed by atoms with Gasteiger partial charge >= 0.3 is 11.8 Å². The number of anilines is 1. The summed E-state index contributed by atoms with van der Waals surface area (Å²) < 4.78 is 5.50. The molecule has 1 unspecified atom stereocenters. The number of hydrogen-bond acceptors (Lipinski definition) is 6. The maximum Gasteiger partial charge on any atom is 0.313 e. The first-order chi connectivity index (χ1) is 14.1. The molecule has 1 aromatic heterocycles. The second kappa shape index (κ2) is 10.4. The number of carbonyl (C=O) groups excluding carboxylic acids is 2. The quantitative estimate of drug-likeness (QED) is 0.677. The first-order valence-corrected chi connectivity index (χ1v) is 10.8. The largest absolute Gasteiger partial charge is 0.492 e. The van der Waals surface area contributed by atoms with Crippen LogP contribution < -0.4 is 15.4 Å². The van der Waals surface area contributed by atoms with Crippen LogP contribution in [0, 0.1) is 0 Å². The van der Waals surface area contributed by atoms with Gasteiger partial charge in [-0.2, -0.15) is 11.3 Å². The van der Waals surface area contributed by atoms with E-state index in [4.69, 9.17) is 4.74 Å². The SMILES string of the molecule is CCOc1ccccc1NC(=O)C(=O)NCC(c1ccsc1)N1CCN(C)CC1. The molecule has 1 aliphatic heterocycles. The smallest absolute Gasteiger partial charge is 0.313 e. The third-order valence-corrected chi connectivity index (χ3v) is 5.71. The minimum absolute atomic E-state index is 0.0578. The fourth-order valence-electron chi connectivity index (χ4n) is 3.36. The molecule has 0 aliphatic carbocycles. The third-order valence-electron chi connectivity index (χ3n) is 5.00. The summed E-state index contributed by atoms with van der Waals surface area (Å²) in [6.45, 7) is 6.58. The number of rotatable bonds is 7. The van der Waals surface area contributed by atoms with Crippen molar-refractivity contribution in [3.05, 3.63) is 46.7 Å². The van der Waals surface area contributed by atoms with E-state index in [0.717, 1.165) is 26.2 Å². The Kier molecular flexibility index (Phi) is 7.62. The number of para-hydroxylation sites is 2. The van der Waals surface area contributed by atoms with Crippen molar-refractivity contribution in [2.75, 3.05) is 51.7 Å². The van der Waals surface area contributed by atoms with Gasteiger partial charge in [0.05, 0.1) is 18.3 Å². The first kappa shape index (κ1) is 21.3. The molecular weight excluding hydrogens is 388 g/mol. The summed E-state index contributed by atoms with van der Waals surface area (Å²) in [5.41, 5.74) is 1.66. The van der Waals surface area contributed by atoms with Crippen LogP contribution in [0.3, 0.4) is 0 Å². The van der Waals surface area contributed by atoms with Crippen LogP contribution in [0.15, 0.2) is 41.1 Å². The third kappa shape index (κ3) is 5.79. The Hall–Kier alpha value is -2.42. The van der Waals surface area contributed by atoms with Crippen molar-refractivity contribution in [2.45, 2.75) is 13.0 Å².